The summed E-state index contributed by atoms with van der Waals surface area (Å²) in [5, 5.41) is 13.8. The number of carbonyl (C=O) groups is 1. The predicted octanol–water partition coefficient (Wildman–Crippen LogP) is 3.26. The van der Waals surface area contributed by atoms with E-state index in [0.29, 0.717) is 22.6 Å². The third-order valence-corrected chi connectivity index (χ3v) is 4.19. The lowest BCUT2D eigenvalue weighted by atomic mass is 10.2. The topological polar surface area (TPSA) is 96.7 Å². The first-order valence-corrected chi connectivity index (χ1v) is 8.42. The monoisotopic (exact) mass is 393 g/mol. The molecule has 1 aromatic carbocycles. The summed E-state index contributed by atoms with van der Waals surface area (Å²) in [5.74, 6) is 1.69. The third kappa shape index (κ3) is 4.20. The molecule has 0 aliphatic rings. The van der Waals surface area contributed by atoms with Crippen LogP contribution >= 0.6 is 27.7 Å². The van der Waals surface area contributed by atoms with Crippen LogP contribution < -0.4 is 5.32 Å². The normalized spacial score (nSPS) is 10.7. The van der Waals surface area contributed by atoms with Crippen molar-refractivity contribution in [2.45, 2.75) is 12.1 Å². The number of aryl methyl sites for hydroxylation is 1. The number of nitrogens with zero attached hydrogens (tertiary/aromatic N) is 3. The number of anilines is 1. The van der Waals surface area contributed by atoms with Crippen LogP contribution in [0.2, 0.25) is 0 Å². The molecule has 0 unspecified atom stereocenters. The molecule has 0 aliphatic carbocycles. The Morgan fingerprint density at radius 3 is 2.87 bits per heavy atom. The molecule has 2 N–H and O–H groups in total. The Labute approximate surface area is 144 Å². The molecule has 0 spiro atoms. The third-order valence-electron chi connectivity index (χ3n) is 2.81. The van der Waals surface area contributed by atoms with Crippen LogP contribution in [0.5, 0.6) is 0 Å². The molecule has 118 valence electrons. The zero-order valence-corrected chi connectivity index (χ0v) is 14.4. The maximum atomic E-state index is 11.8. The van der Waals surface area contributed by atoms with Crippen LogP contribution in [-0.2, 0) is 4.79 Å². The van der Waals surface area contributed by atoms with E-state index in [-0.39, 0.29) is 11.7 Å². The molecule has 0 bridgehead atoms. The van der Waals surface area contributed by atoms with Crippen molar-refractivity contribution >= 4 is 39.4 Å². The maximum Gasteiger partial charge on any atom is 0.236 e. The first-order valence-electron chi connectivity index (χ1n) is 6.64. The quantitative estimate of drug-likeness (QED) is 0.645. The zero-order chi connectivity index (χ0) is 16.2. The van der Waals surface area contributed by atoms with E-state index < -0.39 is 0 Å². The van der Waals surface area contributed by atoms with Gasteiger partial charge in [-0.3, -0.25) is 9.89 Å². The van der Waals surface area contributed by atoms with Crippen LogP contribution in [0.1, 0.15) is 5.76 Å². The molecule has 2 heterocycles. The number of aromatic nitrogens is 4. The fourth-order valence-corrected chi connectivity index (χ4v) is 2.64. The van der Waals surface area contributed by atoms with E-state index in [9.17, 15) is 4.79 Å². The molecule has 0 atom stereocenters. The molecular formula is C14H12BrN5O2S. The van der Waals surface area contributed by atoms with Gasteiger partial charge in [-0.25, -0.2) is 4.98 Å². The van der Waals surface area contributed by atoms with Crippen LogP contribution in [0.25, 0.3) is 11.4 Å². The van der Waals surface area contributed by atoms with Crippen molar-refractivity contribution in [3.63, 3.8) is 0 Å². The van der Waals surface area contributed by atoms with E-state index in [1.54, 1.807) is 13.0 Å². The van der Waals surface area contributed by atoms with Gasteiger partial charge in [-0.15, -0.1) is 5.10 Å². The number of rotatable bonds is 5. The zero-order valence-electron chi connectivity index (χ0n) is 12.0. The number of hydrogen-bond acceptors (Lipinski definition) is 6. The van der Waals surface area contributed by atoms with Gasteiger partial charge in [0.05, 0.1) is 5.75 Å². The highest BCUT2D eigenvalue weighted by Crippen LogP contribution is 2.21. The summed E-state index contributed by atoms with van der Waals surface area (Å²) >= 11 is 4.63. The van der Waals surface area contributed by atoms with Crippen LogP contribution in [0.15, 0.2) is 44.5 Å². The predicted molar refractivity (Wildman–Crippen MR) is 90.1 cm³/mol. The average Bonchev–Trinajstić information content (AvgIpc) is 3.15. The fraction of sp³-hybridized carbons (Fsp3) is 0.143. The molecule has 23 heavy (non-hydrogen) atoms. The van der Waals surface area contributed by atoms with Gasteiger partial charge < -0.3 is 9.84 Å². The number of thioether (sulfide) groups is 1. The summed E-state index contributed by atoms with van der Waals surface area (Å²) in [6.07, 6.45) is 0. The lowest BCUT2D eigenvalue weighted by Crippen LogP contribution is -2.14. The van der Waals surface area contributed by atoms with Gasteiger partial charge in [0.25, 0.3) is 0 Å². The molecule has 2 aromatic heterocycles. The van der Waals surface area contributed by atoms with Gasteiger partial charge in [-0.2, -0.15) is 0 Å². The highest BCUT2D eigenvalue weighted by Gasteiger charge is 2.10. The summed E-state index contributed by atoms with van der Waals surface area (Å²) in [7, 11) is 0. The largest absolute Gasteiger partial charge is 0.360 e. The van der Waals surface area contributed by atoms with E-state index in [4.69, 9.17) is 4.52 Å². The van der Waals surface area contributed by atoms with Crippen molar-refractivity contribution in [1.29, 1.82) is 0 Å². The van der Waals surface area contributed by atoms with Gasteiger partial charge in [0.2, 0.25) is 11.1 Å². The molecule has 1 amide bonds. The Morgan fingerprint density at radius 1 is 1.39 bits per heavy atom. The Hall–Kier alpha value is -2.13. The second-order valence-electron chi connectivity index (χ2n) is 4.63. The number of nitrogens with one attached hydrogen (secondary N) is 2. The van der Waals surface area contributed by atoms with E-state index in [1.807, 2.05) is 24.3 Å². The van der Waals surface area contributed by atoms with Crippen molar-refractivity contribution in [2.24, 2.45) is 0 Å². The van der Waals surface area contributed by atoms with Gasteiger partial charge in [0.1, 0.15) is 5.76 Å². The van der Waals surface area contributed by atoms with Crippen LogP contribution in [0.4, 0.5) is 5.82 Å². The molecule has 0 fully saturated rings. The molecule has 0 aliphatic heterocycles. The van der Waals surface area contributed by atoms with Gasteiger partial charge >= 0.3 is 0 Å². The van der Waals surface area contributed by atoms with E-state index in [2.05, 4.69) is 41.6 Å². The number of hydrogen-bond donors (Lipinski definition) is 2. The van der Waals surface area contributed by atoms with Crippen molar-refractivity contribution in [3.05, 3.63) is 40.6 Å². The van der Waals surface area contributed by atoms with E-state index in [1.165, 1.54) is 11.8 Å². The maximum absolute atomic E-state index is 11.8. The molecule has 0 saturated heterocycles. The van der Waals surface area contributed by atoms with Crippen molar-refractivity contribution in [3.8, 4) is 11.4 Å². The minimum absolute atomic E-state index is 0.184. The second-order valence-corrected chi connectivity index (χ2v) is 6.49. The van der Waals surface area contributed by atoms with E-state index in [0.717, 1.165) is 10.0 Å². The highest BCUT2D eigenvalue weighted by atomic mass is 79.9. The molecule has 0 saturated carbocycles. The Bertz CT molecular complexity index is 815. The second kappa shape index (κ2) is 6.97. The minimum Gasteiger partial charge on any atom is -0.360 e. The summed E-state index contributed by atoms with van der Waals surface area (Å²) in [4.78, 5) is 16.2. The van der Waals surface area contributed by atoms with Gasteiger partial charge in [0.15, 0.2) is 11.6 Å². The molecule has 7 nitrogen and oxygen atoms in total. The fourth-order valence-electron chi connectivity index (χ4n) is 1.78. The number of amides is 1. The van der Waals surface area contributed by atoms with Crippen LogP contribution in [-0.4, -0.2) is 32.0 Å². The summed E-state index contributed by atoms with van der Waals surface area (Å²) in [5.41, 5.74) is 0.926. The lowest BCUT2D eigenvalue weighted by Gasteiger charge is -1.98. The molecular weight excluding hydrogens is 382 g/mol. The van der Waals surface area contributed by atoms with Gasteiger partial charge in [-0.1, -0.05) is 45.0 Å². The standard InChI is InChI=1S/C14H12BrN5O2S/c1-8-6-11(20-22-8)16-12(21)7-23-14-17-13(18-19-14)9-2-4-10(15)5-3-9/h2-6H,7H2,1H3,(H,16,20,21)(H,17,18,19). The number of aromatic amines is 1. The molecule has 3 rings (SSSR count). The number of benzene rings is 1. The van der Waals surface area contributed by atoms with Crippen molar-refractivity contribution in [1.82, 2.24) is 20.3 Å². The summed E-state index contributed by atoms with van der Waals surface area (Å²) < 4.78 is 5.88. The Balaban J connectivity index is 1.56. The Kier molecular flexibility index (Phi) is 4.77. The first kappa shape index (κ1) is 15.8. The van der Waals surface area contributed by atoms with Gasteiger partial charge in [0, 0.05) is 16.1 Å². The Morgan fingerprint density at radius 2 is 2.17 bits per heavy atom. The first-order chi connectivity index (χ1) is 11.1. The molecule has 9 heteroatoms. The molecule has 0 radical (unpaired) electrons. The minimum atomic E-state index is -0.196. The number of carbonyl (C=O) groups excluding carboxylic acids is 1. The van der Waals surface area contributed by atoms with Crippen LogP contribution in [0.3, 0.4) is 0 Å². The van der Waals surface area contributed by atoms with Crippen molar-refractivity contribution < 1.29 is 9.32 Å². The smallest absolute Gasteiger partial charge is 0.236 e. The number of halogens is 1. The number of H-pyrrole nitrogens is 1. The van der Waals surface area contributed by atoms with Crippen molar-refractivity contribution in [2.75, 3.05) is 11.1 Å². The lowest BCUT2D eigenvalue weighted by molar-refractivity contribution is -0.113. The summed E-state index contributed by atoms with van der Waals surface area (Å²) in [6.45, 7) is 1.76. The van der Waals surface area contributed by atoms with Gasteiger partial charge in [-0.05, 0) is 19.1 Å². The van der Waals surface area contributed by atoms with E-state index >= 15 is 0 Å². The average molecular weight is 394 g/mol. The summed E-state index contributed by atoms with van der Waals surface area (Å²) in [6, 6.07) is 9.37. The SMILES string of the molecule is Cc1cc(NC(=O)CSc2n[nH]c(-c3ccc(Br)cc3)n2)no1. The molecule has 3 aromatic rings. The van der Waals surface area contributed by atoms with Crippen LogP contribution in [0, 0.1) is 6.92 Å². The highest BCUT2D eigenvalue weighted by molar-refractivity contribution is 9.10.